The quantitative estimate of drug-likeness (QED) is 0.608. The summed E-state index contributed by atoms with van der Waals surface area (Å²) < 4.78 is 37.0. The van der Waals surface area contributed by atoms with Gasteiger partial charge in [0.1, 0.15) is 17.7 Å². The number of alkyl halides is 3. The molecule has 0 aliphatic heterocycles. The molecule has 1 aliphatic carbocycles. The normalized spacial score (nSPS) is 13.9. The minimum Gasteiger partial charge on any atom is -0.192 e. The maximum absolute atomic E-state index is 12.3. The van der Waals surface area contributed by atoms with Gasteiger partial charge in [0.25, 0.3) is 0 Å². The summed E-state index contributed by atoms with van der Waals surface area (Å²) in [4.78, 5) is 0. The molecule has 5 heteroatoms. The molecule has 1 rings (SSSR count). The maximum atomic E-state index is 12.3. The van der Waals surface area contributed by atoms with Gasteiger partial charge in [0, 0.05) is 0 Å². The lowest BCUT2D eigenvalue weighted by molar-refractivity contribution is -0.0885. The number of hydrogen-bond donors (Lipinski definition) is 0. The van der Waals surface area contributed by atoms with Crippen LogP contribution in [0.3, 0.4) is 0 Å². The van der Waals surface area contributed by atoms with Gasteiger partial charge in [-0.15, -0.1) is 0 Å². The summed E-state index contributed by atoms with van der Waals surface area (Å²) in [6, 6.07) is 2.49. The molecule has 0 saturated heterocycles. The Morgan fingerprint density at radius 3 is 2.00 bits per heavy atom. The zero-order valence-corrected chi connectivity index (χ0v) is 7.02. The smallest absolute Gasteiger partial charge is 0.192 e. The Labute approximate surface area is 78.6 Å². The topological polar surface area (TPSA) is 47.6 Å². The van der Waals surface area contributed by atoms with Crippen LogP contribution in [0.2, 0.25) is 0 Å². The van der Waals surface area contributed by atoms with Gasteiger partial charge in [-0.1, -0.05) is 5.57 Å². The van der Waals surface area contributed by atoms with Crippen LogP contribution < -0.4 is 0 Å². The third kappa shape index (κ3) is 2.37. The molecule has 0 aromatic heterocycles. The van der Waals surface area contributed by atoms with Crippen molar-refractivity contribution in [1.29, 1.82) is 10.5 Å². The zero-order chi connectivity index (χ0) is 10.8. The van der Waals surface area contributed by atoms with Crippen LogP contribution in [-0.2, 0) is 0 Å². The molecule has 0 atom stereocenters. The fourth-order valence-corrected chi connectivity index (χ4v) is 0.862. The first-order chi connectivity index (χ1) is 6.49. The molecular weight excluding hydrogens is 193 g/mol. The highest BCUT2D eigenvalue weighted by Gasteiger charge is 2.36. The number of nitrogens with zero attached hydrogens (tertiary/aromatic N) is 2. The van der Waals surface area contributed by atoms with Crippen LogP contribution in [0.15, 0.2) is 22.8 Å². The van der Waals surface area contributed by atoms with E-state index in [2.05, 4.69) is 0 Å². The summed E-state index contributed by atoms with van der Waals surface area (Å²) in [5.41, 5.74) is -1.38. The van der Waals surface area contributed by atoms with Crippen molar-refractivity contribution in [2.75, 3.05) is 0 Å². The molecule has 72 valence electrons. The molecule has 1 saturated carbocycles. The molecule has 2 nitrogen and oxygen atoms in total. The Bertz CT molecular complexity index is 366. The maximum Gasteiger partial charge on any atom is 0.418 e. The molecule has 0 spiro atoms. The first-order valence-electron chi connectivity index (χ1n) is 3.80. The van der Waals surface area contributed by atoms with E-state index in [1.807, 2.05) is 0 Å². The lowest BCUT2D eigenvalue weighted by atomic mass is 10.1. The van der Waals surface area contributed by atoms with E-state index in [1.54, 1.807) is 0 Å². The van der Waals surface area contributed by atoms with Gasteiger partial charge in [-0.2, -0.15) is 23.7 Å². The van der Waals surface area contributed by atoms with Crippen LogP contribution in [-0.4, -0.2) is 6.18 Å². The highest BCUT2D eigenvalue weighted by atomic mass is 19.4. The van der Waals surface area contributed by atoms with Crippen LogP contribution in [0.4, 0.5) is 13.2 Å². The molecule has 0 heterocycles. The van der Waals surface area contributed by atoms with Gasteiger partial charge in [0.05, 0.1) is 5.57 Å². The van der Waals surface area contributed by atoms with E-state index in [-0.39, 0.29) is 0 Å². The molecule has 0 aromatic rings. The van der Waals surface area contributed by atoms with Crippen LogP contribution in [0, 0.1) is 22.7 Å². The average Bonchev–Trinajstić information content (AvgIpc) is 2.86. The average molecular weight is 198 g/mol. The molecule has 0 amide bonds. The molecule has 0 N–H and O–H groups in total. The summed E-state index contributed by atoms with van der Waals surface area (Å²) >= 11 is 0. The Balaban J connectivity index is 3.19. The second-order valence-corrected chi connectivity index (χ2v) is 2.81. The lowest BCUT2D eigenvalue weighted by Gasteiger charge is -2.06. The van der Waals surface area contributed by atoms with E-state index < -0.39 is 17.3 Å². The Morgan fingerprint density at radius 2 is 1.71 bits per heavy atom. The standard InChI is InChI=1S/C9H5F3N2/c10-9(11,12)8(3-6-1-2-6)7(4-13)5-14/h3H,1-2H2. The van der Waals surface area contributed by atoms with E-state index >= 15 is 0 Å². The largest absolute Gasteiger partial charge is 0.418 e. The monoisotopic (exact) mass is 198 g/mol. The Morgan fingerprint density at radius 1 is 1.21 bits per heavy atom. The summed E-state index contributed by atoms with van der Waals surface area (Å²) in [5, 5.41) is 16.7. The molecule has 1 fully saturated rings. The molecular formula is C9H5F3N2. The van der Waals surface area contributed by atoms with Crippen LogP contribution in [0.1, 0.15) is 12.8 Å². The van der Waals surface area contributed by atoms with Gasteiger partial charge >= 0.3 is 6.18 Å². The first kappa shape index (κ1) is 10.3. The highest BCUT2D eigenvalue weighted by Crippen LogP contribution is 2.35. The van der Waals surface area contributed by atoms with Gasteiger partial charge < -0.3 is 0 Å². The minimum atomic E-state index is -4.63. The predicted molar refractivity (Wildman–Crippen MR) is 41.6 cm³/mol. The second-order valence-electron chi connectivity index (χ2n) is 2.81. The minimum absolute atomic E-state index is 0.615. The molecule has 14 heavy (non-hydrogen) atoms. The summed E-state index contributed by atoms with van der Waals surface area (Å²) in [6.07, 6.45) is -2.51. The number of hydrogen-bond acceptors (Lipinski definition) is 2. The van der Waals surface area contributed by atoms with Crippen molar-refractivity contribution < 1.29 is 13.2 Å². The Hall–Kier alpha value is -1.75. The fraction of sp³-hybridized carbons (Fsp3) is 0.333. The van der Waals surface area contributed by atoms with Crippen LogP contribution >= 0.6 is 0 Å². The predicted octanol–water partition coefficient (Wildman–Crippen LogP) is 2.61. The van der Waals surface area contributed by atoms with Crippen LogP contribution in [0.25, 0.3) is 0 Å². The van der Waals surface area contributed by atoms with Crippen molar-refractivity contribution >= 4 is 0 Å². The SMILES string of the molecule is N#CC(C#N)=C(C=C1CC1)C(F)(F)F. The third-order valence-corrected chi connectivity index (χ3v) is 1.69. The van der Waals surface area contributed by atoms with E-state index in [0.29, 0.717) is 18.4 Å². The number of halogens is 3. The lowest BCUT2D eigenvalue weighted by Crippen LogP contribution is -2.12. The van der Waals surface area contributed by atoms with E-state index in [9.17, 15) is 13.2 Å². The van der Waals surface area contributed by atoms with Crippen LogP contribution in [0.5, 0.6) is 0 Å². The number of allylic oxidation sites excluding steroid dienone is 4. The molecule has 0 aromatic carbocycles. The fourth-order valence-electron chi connectivity index (χ4n) is 0.862. The molecule has 0 bridgehead atoms. The summed E-state index contributed by atoms with van der Waals surface area (Å²) in [7, 11) is 0. The molecule has 1 aliphatic rings. The van der Waals surface area contributed by atoms with Crippen molar-refractivity contribution in [3.05, 3.63) is 22.8 Å². The van der Waals surface area contributed by atoms with Crippen molar-refractivity contribution in [1.82, 2.24) is 0 Å². The Kier molecular flexibility index (Phi) is 2.62. The number of nitriles is 2. The van der Waals surface area contributed by atoms with Gasteiger partial charge in [-0.05, 0) is 18.9 Å². The van der Waals surface area contributed by atoms with Gasteiger partial charge in [-0.3, -0.25) is 0 Å². The number of rotatable bonds is 1. The van der Waals surface area contributed by atoms with E-state index in [0.717, 1.165) is 6.08 Å². The van der Waals surface area contributed by atoms with Gasteiger partial charge in [0.15, 0.2) is 0 Å². The van der Waals surface area contributed by atoms with Crippen molar-refractivity contribution in [3.63, 3.8) is 0 Å². The van der Waals surface area contributed by atoms with Crippen molar-refractivity contribution in [3.8, 4) is 12.1 Å². The van der Waals surface area contributed by atoms with Crippen molar-refractivity contribution in [2.45, 2.75) is 19.0 Å². The van der Waals surface area contributed by atoms with E-state index in [1.165, 1.54) is 12.1 Å². The highest BCUT2D eigenvalue weighted by molar-refractivity contribution is 5.48. The summed E-state index contributed by atoms with van der Waals surface area (Å²) in [5.74, 6) is 0. The summed E-state index contributed by atoms with van der Waals surface area (Å²) in [6.45, 7) is 0. The third-order valence-electron chi connectivity index (χ3n) is 1.69. The second kappa shape index (κ2) is 3.55. The zero-order valence-electron chi connectivity index (χ0n) is 7.02. The van der Waals surface area contributed by atoms with Crippen molar-refractivity contribution in [2.24, 2.45) is 0 Å². The first-order valence-corrected chi connectivity index (χ1v) is 3.80. The van der Waals surface area contributed by atoms with Gasteiger partial charge in [-0.25, -0.2) is 0 Å². The molecule has 0 unspecified atom stereocenters. The van der Waals surface area contributed by atoms with Gasteiger partial charge in [0.2, 0.25) is 0 Å². The molecule has 0 radical (unpaired) electrons. The van der Waals surface area contributed by atoms with E-state index in [4.69, 9.17) is 10.5 Å².